The number of ether oxygens (including phenoxy) is 1. The summed E-state index contributed by atoms with van der Waals surface area (Å²) >= 11 is 1.51. The fourth-order valence-corrected chi connectivity index (χ4v) is 4.80. The van der Waals surface area contributed by atoms with Crippen molar-refractivity contribution in [2.45, 2.75) is 38.3 Å². The van der Waals surface area contributed by atoms with Gasteiger partial charge in [-0.3, -0.25) is 4.79 Å². The third kappa shape index (κ3) is 3.24. The molecule has 0 saturated heterocycles. The second-order valence-electron chi connectivity index (χ2n) is 7.22. The van der Waals surface area contributed by atoms with Crippen LogP contribution in [0.25, 0.3) is 0 Å². The normalized spacial score (nSPS) is 16.1. The molecule has 0 atom stereocenters. The molecule has 6 heteroatoms. The number of nitrogens with zero attached hydrogens (tertiary/aromatic N) is 2. The molecule has 3 aromatic rings. The quantitative estimate of drug-likeness (QED) is 0.662. The van der Waals surface area contributed by atoms with E-state index in [1.807, 2.05) is 42.5 Å². The van der Waals surface area contributed by atoms with E-state index in [0.717, 1.165) is 39.7 Å². The van der Waals surface area contributed by atoms with Gasteiger partial charge in [0.25, 0.3) is 5.91 Å². The standard InChI is InChI=1S/C22H21N3O2S/c26-21(24-16-7-2-3-8-16)19-11-12-20(28-19)25-14-15-6-1-4-10-18(15)27-22-17(25)9-5-13-23-22/h1,4-6,9-13,16H,2-3,7-8,14H2,(H,24,26). The van der Waals surface area contributed by atoms with Gasteiger partial charge in [0.2, 0.25) is 5.88 Å². The van der Waals surface area contributed by atoms with Crippen LogP contribution in [0.15, 0.2) is 54.7 Å². The molecule has 1 saturated carbocycles. The Hall–Kier alpha value is -2.86. The molecule has 3 heterocycles. The number of rotatable bonds is 3. The zero-order valence-electron chi connectivity index (χ0n) is 15.4. The lowest BCUT2D eigenvalue weighted by Gasteiger charge is -2.21. The van der Waals surface area contributed by atoms with Gasteiger partial charge in [0.15, 0.2) is 0 Å². The molecule has 1 aliphatic heterocycles. The van der Waals surface area contributed by atoms with Gasteiger partial charge in [-0.25, -0.2) is 4.98 Å². The number of carbonyl (C=O) groups is 1. The Morgan fingerprint density at radius 1 is 1.11 bits per heavy atom. The van der Waals surface area contributed by atoms with E-state index in [2.05, 4.69) is 21.3 Å². The molecular formula is C22H21N3O2S. The zero-order chi connectivity index (χ0) is 18.9. The summed E-state index contributed by atoms with van der Waals surface area (Å²) in [6.07, 6.45) is 6.32. The van der Waals surface area contributed by atoms with Crippen molar-refractivity contribution in [3.05, 3.63) is 65.2 Å². The Labute approximate surface area is 168 Å². The van der Waals surface area contributed by atoms with Gasteiger partial charge in [-0.15, -0.1) is 11.3 Å². The summed E-state index contributed by atoms with van der Waals surface area (Å²) < 4.78 is 6.07. The van der Waals surface area contributed by atoms with E-state index >= 15 is 0 Å². The van der Waals surface area contributed by atoms with E-state index in [1.54, 1.807) is 6.20 Å². The summed E-state index contributed by atoms with van der Waals surface area (Å²) in [5.74, 6) is 1.43. The first kappa shape index (κ1) is 17.3. The summed E-state index contributed by atoms with van der Waals surface area (Å²) in [4.78, 5) is 20.0. The largest absolute Gasteiger partial charge is 0.437 e. The average molecular weight is 391 g/mol. The number of hydrogen-bond acceptors (Lipinski definition) is 5. The molecule has 142 valence electrons. The highest BCUT2D eigenvalue weighted by Crippen LogP contribution is 2.43. The second kappa shape index (κ2) is 7.28. The summed E-state index contributed by atoms with van der Waals surface area (Å²) in [5.41, 5.74) is 1.99. The van der Waals surface area contributed by atoms with Crippen LogP contribution in [0.4, 0.5) is 10.7 Å². The summed E-state index contributed by atoms with van der Waals surface area (Å²) in [7, 11) is 0. The molecule has 1 N–H and O–H groups in total. The molecule has 2 aromatic heterocycles. The van der Waals surface area contributed by atoms with E-state index in [-0.39, 0.29) is 5.91 Å². The number of pyridine rings is 1. The molecule has 0 unspecified atom stereocenters. The maximum absolute atomic E-state index is 12.7. The monoisotopic (exact) mass is 391 g/mol. The van der Waals surface area contributed by atoms with Crippen molar-refractivity contribution in [3.63, 3.8) is 0 Å². The lowest BCUT2D eigenvalue weighted by molar-refractivity contribution is 0.0942. The molecule has 1 aliphatic carbocycles. The molecule has 28 heavy (non-hydrogen) atoms. The number of fused-ring (bicyclic) bond motifs is 2. The summed E-state index contributed by atoms with van der Waals surface area (Å²) in [5, 5.41) is 4.18. The van der Waals surface area contributed by atoms with Crippen molar-refractivity contribution in [1.82, 2.24) is 10.3 Å². The first-order valence-corrected chi connectivity index (χ1v) is 10.5. The maximum atomic E-state index is 12.7. The van der Waals surface area contributed by atoms with Gasteiger partial charge >= 0.3 is 0 Å². The van der Waals surface area contributed by atoms with Gasteiger partial charge in [0.1, 0.15) is 11.4 Å². The zero-order valence-corrected chi connectivity index (χ0v) is 16.2. The molecule has 0 bridgehead atoms. The van der Waals surface area contributed by atoms with Crippen molar-refractivity contribution in [1.29, 1.82) is 0 Å². The van der Waals surface area contributed by atoms with E-state index in [1.165, 1.54) is 24.2 Å². The van der Waals surface area contributed by atoms with E-state index < -0.39 is 0 Å². The van der Waals surface area contributed by atoms with E-state index in [9.17, 15) is 4.79 Å². The lowest BCUT2D eigenvalue weighted by Crippen LogP contribution is -2.31. The van der Waals surface area contributed by atoms with Gasteiger partial charge in [-0.1, -0.05) is 31.0 Å². The van der Waals surface area contributed by atoms with Crippen LogP contribution >= 0.6 is 11.3 Å². The highest BCUT2D eigenvalue weighted by Gasteiger charge is 2.25. The predicted molar refractivity (Wildman–Crippen MR) is 111 cm³/mol. The van der Waals surface area contributed by atoms with Crippen molar-refractivity contribution in [3.8, 4) is 11.6 Å². The molecule has 1 amide bonds. The molecule has 1 fully saturated rings. The summed E-state index contributed by atoms with van der Waals surface area (Å²) in [6.45, 7) is 0.666. The van der Waals surface area contributed by atoms with Gasteiger partial charge < -0.3 is 15.0 Å². The Kier molecular flexibility index (Phi) is 4.49. The highest BCUT2D eigenvalue weighted by atomic mass is 32.1. The fourth-order valence-electron chi connectivity index (χ4n) is 3.88. The first-order valence-electron chi connectivity index (χ1n) is 9.67. The third-order valence-corrected chi connectivity index (χ3v) is 6.43. The number of aromatic nitrogens is 1. The molecule has 5 nitrogen and oxygen atoms in total. The van der Waals surface area contributed by atoms with Crippen LogP contribution < -0.4 is 15.0 Å². The molecule has 0 spiro atoms. The van der Waals surface area contributed by atoms with Gasteiger partial charge in [-0.2, -0.15) is 0 Å². The van der Waals surface area contributed by atoms with Crippen molar-refractivity contribution >= 4 is 27.9 Å². The fraction of sp³-hybridized carbons (Fsp3) is 0.273. The van der Waals surface area contributed by atoms with Crippen LogP contribution in [-0.4, -0.2) is 16.9 Å². The minimum absolute atomic E-state index is 0.0287. The number of benzene rings is 1. The van der Waals surface area contributed by atoms with Crippen molar-refractivity contribution in [2.24, 2.45) is 0 Å². The minimum atomic E-state index is 0.0287. The van der Waals surface area contributed by atoms with E-state index in [4.69, 9.17) is 4.74 Å². The van der Waals surface area contributed by atoms with Crippen molar-refractivity contribution < 1.29 is 9.53 Å². The molecule has 5 rings (SSSR count). The van der Waals surface area contributed by atoms with Crippen LogP contribution in [0, 0.1) is 0 Å². The number of carbonyl (C=O) groups excluding carboxylic acids is 1. The molecule has 1 aromatic carbocycles. The molecular weight excluding hydrogens is 370 g/mol. The highest BCUT2D eigenvalue weighted by molar-refractivity contribution is 7.18. The maximum Gasteiger partial charge on any atom is 0.261 e. The molecule has 2 aliphatic rings. The average Bonchev–Trinajstić information content (AvgIpc) is 3.37. The predicted octanol–water partition coefficient (Wildman–Crippen LogP) is 5.26. The third-order valence-electron chi connectivity index (χ3n) is 5.32. The van der Waals surface area contributed by atoms with Crippen LogP contribution in [0.5, 0.6) is 11.6 Å². The van der Waals surface area contributed by atoms with Crippen LogP contribution in [-0.2, 0) is 6.54 Å². The number of amides is 1. The minimum Gasteiger partial charge on any atom is -0.437 e. The number of para-hydroxylation sites is 1. The Balaban J connectivity index is 1.47. The smallest absolute Gasteiger partial charge is 0.261 e. The number of anilines is 2. The number of thiophene rings is 1. The number of nitrogens with one attached hydrogen (secondary N) is 1. The molecule has 0 radical (unpaired) electrons. The summed E-state index contributed by atoms with van der Waals surface area (Å²) in [6, 6.07) is 16.2. The Bertz CT molecular complexity index is 1010. The van der Waals surface area contributed by atoms with E-state index in [0.29, 0.717) is 18.5 Å². The van der Waals surface area contributed by atoms with Gasteiger partial charge in [-0.05, 0) is 43.2 Å². The Morgan fingerprint density at radius 3 is 2.86 bits per heavy atom. The van der Waals surface area contributed by atoms with Gasteiger partial charge in [0.05, 0.1) is 16.4 Å². The van der Waals surface area contributed by atoms with Crippen LogP contribution in [0.1, 0.15) is 40.9 Å². The van der Waals surface area contributed by atoms with Crippen molar-refractivity contribution in [2.75, 3.05) is 4.90 Å². The second-order valence-corrected chi connectivity index (χ2v) is 8.28. The SMILES string of the molecule is O=C(NC1CCCC1)c1ccc(N2Cc3ccccc3Oc3ncccc32)s1. The van der Waals surface area contributed by atoms with Crippen LogP contribution in [0.3, 0.4) is 0 Å². The topological polar surface area (TPSA) is 54.5 Å². The first-order chi connectivity index (χ1) is 13.8. The Morgan fingerprint density at radius 2 is 1.96 bits per heavy atom. The number of hydrogen-bond donors (Lipinski definition) is 1. The van der Waals surface area contributed by atoms with Gasteiger partial charge in [0, 0.05) is 17.8 Å². The van der Waals surface area contributed by atoms with Crippen LogP contribution in [0.2, 0.25) is 0 Å². The lowest BCUT2D eigenvalue weighted by atomic mass is 10.2.